The zero-order valence-corrected chi connectivity index (χ0v) is 8.84. The minimum absolute atomic E-state index is 0.577. The van der Waals surface area contributed by atoms with Crippen molar-refractivity contribution in [3.05, 3.63) is 18.2 Å². The molecule has 1 heterocycles. The second-order valence-electron chi connectivity index (χ2n) is 2.84. The van der Waals surface area contributed by atoms with Crippen molar-refractivity contribution in [1.29, 1.82) is 0 Å². The standard InChI is InChI=1S/C9H15N3S/c1-12(6-7-13-2)9-5-3-4-8(10)11-9/h3-5H,6-7H2,1-2H3,(H2,10,11). The van der Waals surface area contributed by atoms with Crippen molar-refractivity contribution in [2.45, 2.75) is 0 Å². The molecule has 0 saturated carbocycles. The summed E-state index contributed by atoms with van der Waals surface area (Å²) in [7, 11) is 2.03. The Labute approximate surface area is 83.3 Å². The second-order valence-corrected chi connectivity index (χ2v) is 3.82. The molecule has 0 aliphatic heterocycles. The summed E-state index contributed by atoms with van der Waals surface area (Å²) in [5, 5.41) is 0. The highest BCUT2D eigenvalue weighted by atomic mass is 32.2. The summed E-state index contributed by atoms with van der Waals surface area (Å²) in [6.45, 7) is 0.998. The number of pyridine rings is 1. The number of anilines is 2. The minimum atomic E-state index is 0.577. The lowest BCUT2D eigenvalue weighted by molar-refractivity contribution is 0.949. The van der Waals surface area contributed by atoms with Gasteiger partial charge in [0.25, 0.3) is 0 Å². The third kappa shape index (κ3) is 3.14. The first-order valence-electron chi connectivity index (χ1n) is 4.16. The van der Waals surface area contributed by atoms with E-state index in [-0.39, 0.29) is 0 Å². The van der Waals surface area contributed by atoms with E-state index in [4.69, 9.17) is 5.73 Å². The van der Waals surface area contributed by atoms with Crippen LogP contribution < -0.4 is 10.6 Å². The summed E-state index contributed by atoms with van der Waals surface area (Å²) >= 11 is 1.83. The largest absolute Gasteiger partial charge is 0.384 e. The van der Waals surface area contributed by atoms with E-state index in [0.717, 1.165) is 18.1 Å². The summed E-state index contributed by atoms with van der Waals surface area (Å²) in [4.78, 5) is 6.32. The van der Waals surface area contributed by atoms with Crippen LogP contribution in [0.4, 0.5) is 11.6 Å². The van der Waals surface area contributed by atoms with Crippen molar-refractivity contribution in [3.8, 4) is 0 Å². The number of nitrogen functional groups attached to an aromatic ring is 1. The molecule has 0 amide bonds. The van der Waals surface area contributed by atoms with Gasteiger partial charge in [-0.1, -0.05) is 6.07 Å². The van der Waals surface area contributed by atoms with Gasteiger partial charge in [-0.15, -0.1) is 0 Å². The Balaban J connectivity index is 2.60. The van der Waals surface area contributed by atoms with E-state index in [1.807, 2.05) is 30.9 Å². The van der Waals surface area contributed by atoms with Crippen molar-refractivity contribution in [1.82, 2.24) is 4.98 Å². The normalized spacial score (nSPS) is 10.0. The maximum Gasteiger partial charge on any atom is 0.130 e. The summed E-state index contributed by atoms with van der Waals surface area (Å²) in [6.07, 6.45) is 2.10. The zero-order chi connectivity index (χ0) is 9.68. The molecule has 0 atom stereocenters. The van der Waals surface area contributed by atoms with E-state index >= 15 is 0 Å². The molecule has 4 heteroatoms. The zero-order valence-electron chi connectivity index (χ0n) is 8.03. The van der Waals surface area contributed by atoms with Crippen molar-refractivity contribution in [2.75, 3.05) is 36.2 Å². The molecule has 0 aliphatic carbocycles. The fourth-order valence-corrected chi connectivity index (χ4v) is 1.45. The number of nitrogens with two attached hydrogens (primary N) is 1. The van der Waals surface area contributed by atoms with Crippen LogP contribution >= 0.6 is 11.8 Å². The number of aromatic nitrogens is 1. The smallest absolute Gasteiger partial charge is 0.130 e. The molecular weight excluding hydrogens is 182 g/mol. The van der Waals surface area contributed by atoms with Crippen molar-refractivity contribution in [2.24, 2.45) is 0 Å². The van der Waals surface area contributed by atoms with E-state index in [0.29, 0.717) is 5.82 Å². The van der Waals surface area contributed by atoms with Crippen molar-refractivity contribution >= 4 is 23.4 Å². The molecular formula is C9H15N3S. The minimum Gasteiger partial charge on any atom is -0.384 e. The Morgan fingerprint density at radius 1 is 1.54 bits per heavy atom. The predicted molar refractivity (Wildman–Crippen MR) is 60.3 cm³/mol. The molecule has 2 N–H and O–H groups in total. The van der Waals surface area contributed by atoms with Crippen molar-refractivity contribution < 1.29 is 0 Å². The topological polar surface area (TPSA) is 42.1 Å². The fraction of sp³-hybridized carbons (Fsp3) is 0.444. The molecule has 1 aromatic rings. The summed E-state index contributed by atoms with van der Waals surface area (Å²) in [6, 6.07) is 5.69. The Bertz CT molecular complexity index is 265. The van der Waals surface area contributed by atoms with Crippen LogP contribution in [0.15, 0.2) is 18.2 Å². The van der Waals surface area contributed by atoms with Gasteiger partial charge in [0.15, 0.2) is 0 Å². The van der Waals surface area contributed by atoms with Gasteiger partial charge in [0.2, 0.25) is 0 Å². The van der Waals surface area contributed by atoms with Gasteiger partial charge in [-0.3, -0.25) is 0 Å². The van der Waals surface area contributed by atoms with E-state index in [1.165, 1.54) is 0 Å². The maximum atomic E-state index is 5.58. The average molecular weight is 197 g/mol. The van der Waals surface area contributed by atoms with Crippen LogP contribution in [-0.4, -0.2) is 30.6 Å². The molecule has 0 aromatic carbocycles. The molecule has 0 fully saturated rings. The van der Waals surface area contributed by atoms with Gasteiger partial charge in [-0.25, -0.2) is 4.98 Å². The van der Waals surface area contributed by atoms with Gasteiger partial charge >= 0.3 is 0 Å². The van der Waals surface area contributed by atoms with E-state index in [2.05, 4.69) is 16.1 Å². The van der Waals surface area contributed by atoms with Gasteiger partial charge in [0.1, 0.15) is 11.6 Å². The fourth-order valence-electron chi connectivity index (χ4n) is 0.995. The van der Waals surface area contributed by atoms with E-state index < -0.39 is 0 Å². The van der Waals surface area contributed by atoms with Crippen LogP contribution in [-0.2, 0) is 0 Å². The van der Waals surface area contributed by atoms with E-state index in [1.54, 1.807) is 6.07 Å². The quantitative estimate of drug-likeness (QED) is 0.793. The number of nitrogens with zero attached hydrogens (tertiary/aromatic N) is 2. The summed E-state index contributed by atoms with van der Waals surface area (Å²) in [5.74, 6) is 2.62. The number of hydrogen-bond donors (Lipinski definition) is 1. The third-order valence-corrected chi connectivity index (χ3v) is 2.37. The molecule has 0 unspecified atom stereocenters. The van der Waals surface area contributed by atoms with Crippen molar-refractivity contribution in [3.63, 3.8) is 0 Å². The average Bonchev–Trinajstić information content (AvgIpc) is 2.14. The van der Waals surface area contributed by atoms with Gasteiger partial charge in [0.05, 0.1) is 0 Å². The molecule has 72 valence electrons. The Hall–Kier alpha value is -0.900. The summed E-state index contributed by atoms with van der Waals surface area (Å²) in [5.41, 5.74) is 5.58. The number of hydrogen-bond acceptors (Lipinski definition) is 4. The first-order valence-corrected chi connectivity index (χ1v) is 5.56. The Morgan fingerprint density at radius 2 is 2.31 bits per heavy atom. The summed E-state index contributed by atoms with van der Waals surface area (Å²) < 4.78 is 0. The van der Waals surface area contributed by atoms with Gasteiger partial charge in [-0.2, -0.15) is 11.8 Å². The van der Waals surface area contributed by atoms with Gasteiger partial charge in [0, 0.05) is 19.3 Å². The van der Waals surface area contributed by atoms with Crippen LogP contribution in [0.25, 0.3) is 0 Å². The third-order valence-electron chi connectivity index (χ3n) is 1.78. The van der Waals surface area contributed by atoms with Crippen LogP contribution in [0.2, 0.25) is 0 Å². The number of rotatable bonds is 4. The lowest BCUT2D eigenvalue weighted by Gasteiger charge is -2.17. The highest BCUT2D eigenvalue weighted by molar-refractivity contribution is 7.98. The number of thioether (sulfide) groups is 1. The van der Waals surface area contributed by atoms with Crippen LogP contribution in [0.3, 0.4) is 0 Å². The molecule has 0 bridgehead atoms. The SMILES string of the molecule is CSCCN(C)c1cccc(N)n1. The first-order chi connectivity index (χ1) is 6.24. The Morgan fingerprint density at radius 3 is 2.92 bits per heavy atom. The molecule has 1 rings (SSSR count). The van der Waals surface area contributed by atoms with Gasteiger partial charge < -0.3 is 10.6 Å². The predicted octanol–water partition coefficient (Wildman–Crippen LogP) is 1.46. The Kier molecular flexibility index (Phi) is 3.89. The van der Waals surface area contributed by atoms with Crippen LogP contribution in [0.1, 0.15) is 0 Å². The molecule has 0 saturated heterocycles. The highest BCUT2D eigenvalue weighted by Gasteiger charge is 2.00. The molecule has 13 heavy (non-hydrogen) atoms. The molecule has 0 aliphatic rings. The molecule has 3 nitrogen and oxygen atoms in total. The lowest BCUT2D eigenvalue weighted by atomic mass is 10.4. The van der Waals surface area contributed by atoms with Gasteiger partial charge in [-0.05, 0) is 18.4 Å². The maximum absolute atomic E-state index is 5.58. The van der Waals surface area contributed by atoms with Crippen LogP contribution in [0.5, 0.6) is 0 Å². The molecule has 0 radical (unpaired) electrons. The van der Waals surface area contributed by atoms with E-state index in [9.17, 15) is 0 Å². The molecule has 0 spiro atoms. The first kappa shape index (κ1) is 10.2. The highest BCUT2D eigenvalue weighted by Crippen LogP contribution is 2.10. The lowest BCUT2D eigenvalue weighted by Crippen LogP contribution is -2.21. The molecule has 1 aromatic heterocycles. The van der Waals surface area contributed by atoms with Crippen LogP contribution in [0, 0.1) is 0 Å². The second kappa shape index (κ2) is 4.97. The monoisotopic (exact) mass is 197 g/mol.